The van der Waals surface area contributed by atoms with Crippen LogP contribution in [-0.4, -0.2) is 30.6 Å². The Bertz CT molecular complexity index is 716. The van der Waals surface area contributed by atoms with E-state index in [-0.39, 0.29) is 34.4 Å². The van der Waals surface area contributed by atoms with Gasteiger partial charge < -0.3 is 9.47 Å². The molecule has 4 nitrogen and oxygen atoms in total. The number of hydrogen-bond acceptors (Lipinski definition) is 4. The van der Waals surface area contributed by atoms with Gasteiger partial charge in [0.15, 0.2) is 5.79 Å². The van der Waals surface area contributed by atoms with Crippen LogP contribution in [-0.2, 0) is 19.1 Å². The predicted octanol–water partition coefficient (Wildman–Crippen LogP) is 3.69. The van der Waals surface area contributed by atoms with Crippen LogP contribution < -0.4 is 0 Å². The average Bonchev–Trinajstić information content (AvgIpc) is 3.11. The van der Waals surface area contributed by atoms with Crippen molar-refractivity contribution in [1.82, 2.24) is 0 Å². The van der Waals surface area contributed by atoms with Gasteiger partial charge in [0.1, 0.15) is 11.6 Å². The third-order valence-electron chi connectivity index (χ3n) is 8.77. The van der Waals surface area contributed by atoms with Crippen molar-refractivity contribution in [2.45, 2.75) is 65.1 Å². The Morgan fingerprint density at radius 2 is 1.73 bits per heavy atom. The topological polar surface area (TPSA) is 52.6 Å². The van der Waals surface area contributed by atoms with Gasteiger partial charge in [-0.25, -0.2) is 0 Å². The number of hydrogen-bond donors (Lipinski definition) is 0. The second kappa shape index (κ2) is 4.88. The molecule has 2 spiro atoms. The van der Waals surface area contributed by atoms with Gasteiger partial charge in [-0.05, 0) is 36.0 Å². The number of fused-ring (bicyclic) bond motifs is 4. The minimum Gasteiger partial charge on any atom is -0.347 e. The van der Waals surface area contributed by atoms with Gasteiger partial charge in [-0.1, -0.05) is 32.9 Å². The molecule has 0 N–H and O–H groups in total. The molecule has 1 saturated heterocycles. The van der Waals surface area contributed by atoms with Crippen LogP contribution in [0.3, 0.4) is 0 Å². The van der Waals surface area contributed by atoms with E-state index in [1.165, 1.54) is 0 Å². The molecule has 0 amide bonds. The van der Waals surface area contributed by atoms with Crippen molar-refractivity contribution in [1.29, 1.82) is 0 Å². The second-order valence-electron chi connectivity index (χ2n) is 10.5. The molecule has 0 aromatic heterocycles. The molecule has 4 aliphatic carbocycles. The molecule has 1 aliphatic heterocycles. The van der Waals surface area contributed by atoms with Gasteiger partial charge >= 0.3 is 0 Å². The van der Waals surface area contributed by atoms with Gasteiger partial charge in [-0.15, -0.1) is 0 Å². The Hall–Kier alpha value is -1.00. The third-order valence-corrected chi connectivity index (χ3v) is 8.77. The van der Waals surface area contributed by atoms with Gasteiger partial charge in [0.2, 0.25) is 0 Å². The summed E-state index contributed by atoms with van der Waals surface area (Å²) in [5, 5.41) is 0. The maximum absolute atomic E-state index is 13.4. The first-order valence-electron chi connectivity index (χ1n) is 10.2. The van der Waals surface area contributed by atoms with Gasteiger partial charge in [0, 0.05) is 36.5 Å². The Balaban J connectivity index is 1.67. The summed E-state index contributed by atoms with van der Waals surface area (Å²) in [4.78, 5) is 26.7. The lowest BCUT2D eigenvalue weighted by atomic mass is 9.40. The molecule has 2 bridgehead atoms. The number of Topliss-reactive ketones (excluding diaryl/α,β-unsaturated/α-hetero) is 2. The van der Waals surface area contributed by atoms with E-state index in [1.807, 2.05) is 0 Å². The van der Waals surface area contributed by atoms with Crippen LogP contribution in [0.2, 0.25) is 0 Å². The monoisotopic (exact) mass is 358 g/mol. The van der Waals surface area contributed by atoms with Crippen molar-refractivity contribution in [3.05, 3.63) is 12.2 Å². The zero-order valence-corrected chi connectivity index (χ0v) is 16.2. The van der Waals surface area contributed by atoms with Crippen molar-refractivity contribution in [2.24, 2.45) is 34.0 Å². The molecule has 5 atom stereocenters. The van der Waals surface area contributed by atoms with E-state index < -0.39 is 11.2 Å². The van der Waals surface area contributed by atoms with Crippen LogP contribution in [0.4, 0.5) is 0 Å². The third kappa shape index (κ3) is 1.83. The SMILES string of the molecule is C=C1C[C@@]23CC(=O)[C@@H]4C(C)(C)CCC(=O)[C@@]4(C)[C@@H]2CC2(OCCO2)[C@@H]1C3. The molecular formula is C22H30O4. The zero-order chi connectivity index (χ0) is 18.5. The van der Waals surface area contributed by atoms with Crippen LogP contribution in [0.5, 0.6) is 0 Å². The lowest BCUT2D eigenvalue weighted by Crippen LogP contribution is -2.65. The highest BCUT2D eigenvalue weighted by molar-refractivity contribution is 5.96. The van der Waals surface area contributed by atoms with Crippen molar-refractivity contribution in [3.63, 3.8) is 0 Å². The predicted molar refractivity (Wildman–Crippen MR) is 96.3 cm³/mol. The van der Waals surface area contributed by atoms with E-state index >= 15 is 0 Å². The number of carbonyl (C=O) groups excluding carboxylic acids is 2. The Morgan fingerprint density at radius 1 is 1.04 bits per heavy atom. The van der Waals surface area contributed by atoms with Gasteiger partial charge in [0.05, 0.1) is 13.2 Å². The van der Waals surface area contributed by atoms with E-state index in [4.69, 9.17) is 9.47 Å². The van der Waals surface area contributed by atoms with E-state index in [9.17, 15) is 9.59 Å². The van der Waals surface area contributed by atoms with Crippen LogP contribution in [0, 0.1) is 34.0 Å². The van der Waals surface area contributed by atoms with E-state index in [0.717, 1.165) is 31.3 Å². The first-order valence-corrected chi connectivity index (χ1v) is 10.2. The average molecular weight is 358 g/mol. The fraction of sp³-hybridized carbons (Fsp3) is 0.818. The lowest BCUT2D eigenvalue weighted by molar-refractivity contribution is -0.247. The summed E-state index contributed by atoms with van der Waals surface area (Å²) in [6.07, 6.45) is 4.46. The number of rotatable bonds is 0. The largest absolute Gasteiger partial charge is 0.347 e. The van der Waals surface area contributed by atoms with E-state index in [0.29, 0.717) is 31.8 Å². The minimum atomic E-state index is -0.614. The van der Waals surface area contributed by atoms with Crippen LogP contribution in [0.15, 0.2) is 12.2 Å². The molecule has 1 heterocycles. The Labute approximate surface area is 155 Å². The summed E-state index contributed by atoms with van der Waals surface area (Å²) in [6.45, 7) is 12.0. The summed E-state index contributed by atoms with van der Waals surface area (Å²) >= 11 is 0. The summed E-state index contributed by atoms with van der Waals surface area (Å²) in [5.41, 5.74) is 0.313. The highest BCUT2D eigenvalue weighted by Crippen LogP contribution is 2.72. The molecule has 0 unspecified atom stereocenters. The highest BCUT2D eigenvalue weighted by Gasteiger charge is 2.73. The fourth-order valence-corrected chi connectivity index (χ4v) is 7.91. The molecule has 4 saturated carbocycles. The number of carbonyl (C=O) groups is 2. The van der Waals surface area contributed by atoms with Gasteiger partial charge in [-0.3, -0.25) is 9.59 Å². The fourth-order valence-electron chi connectivity index (χ4n) is 7.91. The molecule has 0 aromatic carbocycles. The summed E-state index contributed by atoms with van der Waals surface area (Å²) < 4.78 is 12.4. The zero-order valence-electron chi connectivity index (χ0n) is 16.2. The Kier molecular flexibility index (Phi) is 3.21. The van der Waals surface area contributed by atoms with E-state index in [2.05, 4.69) is 27.4 Å². The quantitative estimate of drug-likeness (QED) is 0.620. The number of ketones is 2. The molecule has 26 heavy (non-hydrogen) atoms. The molecular weight excluding hydrogens is 328 g/mol. The smallest absolute Gasteiger partial charge is 0.175 e. The maximum Gasteiger partial charge on any atom is 0.175 e. The molecule has 5 aliphatic rings. The standard InChI is InChI=1S/C22H30O4/c1-13-9-21-10-14(13)22(25-7-8-26-22)12-16(21)20(4)17(24)5-6-19(2,3)18(20)15(23)11-21/h14,16,18H,1,5-12H2,2-4H3/t14-,16+,18-,20-,21-/m1/s1. The molecule has 5 fully saturated rings. The Morgan fingerprint density at radius 3 is 2.42 bits per heavy atom. The van der Waals surface area contributed by atoms with Crippen LogP contribution >= 0.6 is 0 Å². The van der Waals surface area contributed by atoms with Gasteiger partial charge in [-0.2, -0.15) is 0 Å². The highest BCUT2D eigenvalue weighted by atomic mass is 16.7. The first kappa shape index (κ1) is 17.1. The van der Waals surface area contributed by atoms with Crippen molar-refractivity contribution in [3.8, 4) is 0 Å². The molecule has 5 rings (SSSR count). The molecule has 0 aromatic rings. The van der Waals surface area contributed by atoms with Crippen molar-refractivity contribution >= 4 is 11.6 Å². The van der Waals surface area contributed by atoms with Gasteiger partial charge in [0.25, 0.3) is 0 Å². The first-order chi connectivity index (χ1) is 12.1. The summed E-state index contributed by atoms with van der Waals surface area (Å²) in [7, 11) is 0. The normalized spacial score (nSPS) is 48.6. The molecule has 0 radical (unpaired) electrons. The second-order valence-corrected chi connectivity index (χ2v) is 10.5. The minimum absolute atomic E-state index is 0.117. The number of ether oxygens (including phenoxy) is 2. The van der Waals surface area contributed by atoms with Crippen LogP contribution in [0.1, 0.15) is 59.3 Å². The maximum atomic E-state index is 13.4. The van der Waals surface area contributed by atoms with Crippen LogP contribution in [0.25, 0.3) is 0 Å². The molecule has 4 heteroatoms. The van der Waals surface area contributed by atoms with Crippen molar-refractivity contribution in [2.75, 3.05) is 13.2 Å². The lowest BCUT2D eigenvalue weighted by Gasteiger charge is -2.63. The summed E-state index contributed by atoms with van der Waals surface area (Å²) in [6, 6.07) is 0. The summed E-state index contributed by atoms with van der Waals surface area (Å²) in [5.74, 6) is 0.0928. The molecule has 142 valence electrons. The van der Waals surface area contributed by atoms with Crippen molar-refractivity contribution < 1.29 is 19.1 Å². The van der Waals surface area contributed by atoms with E-state index in [1.54, 1.807) is 0 Å².